The first-order valence-electron chi connectivity index (χ1n) is 11.2. The number of hydrogen-bond donors (Lipinski definition) is 3. The minimum Gasteiger partial charge on any atom is -0.367 e. The highest BCUT2D eigenvalue weighted by Gasteiger charge is 2.19. The van der Waals surface area contributed by atoms with E-state index < -0.39 is 0 Å². The largest absolute Gasteiger partial charge is 0.367 e. The topological polar surface area (TPSA) is 102 Å². The number of nitrogens with zero attached hydrogens (tertiary/aromatic N) is 5. The summed E-state index contributed by atoms with van der Waals surface area (Å²) in [6.45, 7) is 6.08. The van der Waals surface area contributed by atoms with Gasteiger partial charge in [-0.15, -0.1) is 6.58 Å². The zero-order valence-corrected chi connectivity index (χ0v) is 19.3. The SMILES string of the molecule is C=CCn1c(=O)c2cnc(Nc3ccc(Cl)cc3)nc2n1-c1cccc(NC2CCNCC2)n1. The van der Waals surface area contributed by atoms with Crippen LogP contribution >= 0.6 is 11.6 Å². The number of anilines is 3. The predicted molar refractivity (Wildman–Crippen MR) is 135 cm³/mol. The molecule has 5 rings (SSSR count). The van der Waals surface area contributed by atoms with Crippen LogP contribution in [0.25, 0.3) is 16.9 Å². The number of piperidine rings is 1. The number of halogens is 1. The number of pyridine rings is 1. The molecule has 1 saturated heterocycles. The van der Waals surface area contributed by atoms with E-state index in [4.69, 9.17) is 16.6 Å². The molecule has 0 bridgehead atoms. The third-order valence-corrected chi connectivity index (χ3v) is 5.97. The molecule has 4 heterocycles. The van der Waals surface area contributed by atoms with Gasteiger partial charge in [0.1, 0.15) is 11.2 Å². The van der Waals surface area contributed by atoms with E-state index in [1.807, 2.05) is 30.3 Å². The molecule has 1 aliphatic rings. The average Bonchev–Trinajstić information content (AvgIpc) is 3.12. The molecule has 0 saturated carbocycles. The Morgan fingerprint density at radius 1 is 1.15 bits per heavy atom. The Bertz CT molecular complexity index is 1370. The smallest absolute Gasteiger partial charge is 0.278 e. The number of rotatable bonds is 7. The summed E-state index contributed by atoms with van der Waals surface area (Å²) in [6.07, 6.45) is 5.28. The van der Waals surface area contributed by atoms with Crippen LogP contribution in [0.3, 0.4) is 0 Å². The summed E-state index contributed by atoms with van der Waals surface area (Å²) in [7, 11) is 0. The molecule has 9 nitrogen and oxygen atoms in total. The highest BCUT2D eigenvalue weighted by Crippen LogP contribution is 2.21. The Morgan fingerprint density at radius 3 is 2.71 bits per heavy atom. The Kier molecular flexibility index (Phi) is 6.29. The predicted octanol–water partition coefficient (Wildman–Crippen LogP) is 3.72. The Labute approximate surface area is 201 Å². The first-order chi connectivity index (χ1) is 16.6. The fraction of sp³-hybridized carbons (Fsp3) is 0.250. The van der Waals surface area contributed by atoms with Gasteiger partial charge in [0.25, 0.3) is 5.56 Å². The number of hydrogen-bond acceptors (Lipinski definition) is 7. The van der Waals surface area contributed by atoms with Gasteiger partial charge in [0.2, 0.25) is 5.95 Å². The van der Waals surface area contributed by atoms with Crippen molar-refractivity contribution in [3.8, 4) is 5.82 Å². The zero-order chi connectivity index (χ0) is 23.5. The molecular weight excluding hydrogens is 452 g/mol. The van der Waals surface area contributed by atoms with Crippen LogP contribution in [-0.2, 0) is 6.54 Å². The fourth-order valence-electron chi connectivity index (χ4n) is 4.07. The van der Waals surface area contributed by atoms with E-state index in [0.717, 1.165) is 37.4 Å². The lowest BCUT2D eigenvalue weighted by Crippen LogP contribution is -2.35. The lowest BCUT2D eigenvalue weighted by atomic mass is 10.1. The van der Waals surface area contributed by atoms with Crippen molar-refractivity contribution in [3.05, 3.63) is 76.7 Å². The van der Waals surface area contributed by atoms with Crippen LogP contribution in [0.5, 0.6) is 0 Å². The summed E-state index contributed by atoms with van der Waals surface area (Å²) in [6, 6.07) is 13.3. The lowest BCUT2D eigenvalue weighted by Gasteiger charge is -2.24. The summed E-state index contributed by atoms with van der Waals surface area (Å²) in [5.74, 6) is 1.71. The Hall–Kier alpha value is -3.69. The minimum atomic E-state index is -0.202. The lowest BCUT2D eigenvalue weighted by molar-refractivity contribution is 0.478. The molecule has 1 aromatic carbocycles. The fourth-order valence-corrected chi connectivity index (χ4v) is 4.19. The average molecular weight is 477 g/mol. The minimum absolute atomic E-state index is 0.202. The second kappa shape index (κ2) is 9.66. The Morgan fingerprint density at radius 2 is 1.94 bits per heavy atom. The van der Waals surface area contributed by atoms with E-state index in [1.165, 1.54) is 6.20 Å². The van der Waals surface area contributed by atoms with E-state index in [1.54, 1.807) is 27.6 Å². The summed E-state index contributed by atoms with van der Waals surface area (Å²) in [5.41, 5.74) is 1.05. The van der Waals surface area contributed by atoms with E-state index in [0.29, 0.717) is 40.4 Å². The molecule has 10 heteroatoms. The molecular formula is C24H25ClN8O. The zero-order valence-electron chi connectivity index (χ0n) is 18.5. The van der Waals surface area contributed by atoms with E-state index in [-0.39, 0.29) is 5.56 Å². The van der Waals surface area contributed by atoms with Crippen molar-refractivity contribution in [2.24, 2.45) is 0 Å². The van der Waals surface area contributed by atoms with Crippen LogP contribution in [0, 0.1) is 0 Å². The molecule has 4 aromatic rings. The van der Waals surface area contributed by atoms with Gasteiger partial charge in [0.15, 0.2) is 11.5 Å². The Balaban J connectivity index is 1.56. The van der Waals surface area contributed by atoms with Crippen molar-refractivity contribution in [1.29, 1.82) is 0 Å². The van der Waals surface area contributed by atoms with Gasteiger partial charge in [-0.3, -0.25) is 4.79 Å². The molecule has 0 spiro atoms. The molecule has 3 N–H and O–H groups in total. The van der Waals surface area contributed by atoms with Gasteiger partial charge in [-0.25, -0.2) is 19.3 Å². The van der Waals surface area contributed by atoms with E-state index >= 15 is 0 Å². The molecule has 0 unspecified atom stereocenters. The molecule has 174 valence electrons. The third-order valence-electron chi connectivity index (χ3n) is 5.72. The van der Waals surface area contributed by atoms with Gasteiger partial charge in [-0.1, -0.05) is 23.7 Å². The van der Waals surface area contributed by atoms with Crippen molar-refractivity contribution in [1.82, 2.24) is 29.6 Å². The standard InChI is InChI=1S/C24H25ClN8O/c1-2-14-32-23(34)19-15-27-24(29-17-8-6-16(25)7-9-17)31-22(19)33(32)21-5-3-4-20(30-21)28-18-10-12-26-13-11-18/h2-9,15,18,26H,1,10-14H2,(H,28,30)(H,27,29,31). The summed E-state index contributed by atoms with van der Waals surface area (Å²) in [5, 5.41) is 11.1. The van der Waals surface area contributed by atoms with Crippen LogP contribution in [-0.4, -0.2) is 43.4 Å². The van der Waals surface area contributed by atoms with E-state index in [2.05, 4.69) is 32.5 Å². The molecule has 1 fully saturated rings. The molecule has 1 aliphatic heterocycles. The van der Waals surface area contributed by atoms with Crippen molar-refractivity contribution < 1.29 is 0 Å². The van der Waals surface area contributed by atoms with Crippen LogP contribution in [0.4, 0.5) is 17.5 Å². The number of nitrogens with one attached hydrogen (secondary N) is 3. The van der Waals surface area contributed by atoms with Gasteiger partial charge in [0, 0.05) is 22.9 Å². The van der Waals surface area contributed by atoms with Crippen molar-refractivity contribution in [2.45, 2.75) is 25.4 Å². The monoisotopic (exact) mass is 476 g/mol. The molecule has 0 amide bonds. The highest BCUT2D eigenvalue weighted by molar-refractivity contribution is 6.30. The van der Waals surface area contributed by atoms with Gasteiger partial charge in [0.05, 0.1) is 6.54 Å². The van der Waals surface area contributed by atoms with E-state index in [9.17, 15) is 4.79 Å². The quantitative estimate of drug-likeness (QED) is 0.349. The maximum absolute atomic E-state index is 13.2. The second-order valence-corrected chi connectivity index (χ2v) is 8.54. The molecule has 3 aromatic heterocycles. The summed E-state index contributed by atoms with van der Waals surface area (Å²) >= 11 is 5.98. The van der Waals surface area contributed by atoms with Gasteiger partial charge in [-0.2, -0.15) is 4.98 Å². The van der Waals surface area contributed by atoms with Gasteiger partial charge < -0.3 is 16.0 Å². The van der Waals surface area contributed by atoms with Gasteiger partial charge in [-0.05, 0) is 62.3 Å². The first kappa shape index (κ1) is 22.1. The number of allylic oxidation sites excluding steroid dienone is 1. The highest BCUT2D eigenvalue weighted by atomic mass is 35.5. The second-order valence-electron chi connectivity index (χ2n) is 8.10. The summed E-state index contributed by atoms with van der Waals surface area (Å²) < 4.78 is 3.29. The normalized spacial score (nSPS) is 14.3. The summed E-state index contributed by atoms with van der Waals surface area (Å²) in [4.78, 5) is 27.0. The molecule has 34 heavy (non-hydrogen) atoms. The van der Waals surface area contributed by atoms with Gasteiger partial charge >= 0.3 is 0 Å². The molecule has 0 aliphatic carbocycles. The van der Waals surface area contributed by atoms with Crippen LogP contribution in [0.1, 0.15) is 12.8 Å². The first-order valence-corrected chi connectivity index (χ1v) is 11.6. The van der Waals surface area contributed by atoms with Crippen molar-refractivity contribution in [2.75, 3.05) is 23.7 Å². The molecule has 0 atom stereocenters. The van der Waals surface area contributed by atoms with Crippen molar-refractivity contribution in [3.63, 3.8) is 0 Å². The third kappa shape index (κ3) is 4.52. The number of benzene rings is 1. The van der Waals surface area contributed by atoms with Crippen LogP contribution in [0.15, 0.2) is 66.1 Å². The maximum atomic E-state index is 13.2. The van der Waals surface area contributed by atoms with Crippen molar-refractivity contribution >= 4 is 40.1 Å². The number of fused-ring (bicyclic) bond motifs is 1. The van der Waals surface area contributed by atoms with Crippen LogP contribution in [0.2, 0.25) is 5.02 Å². The molecule has 0 radical (unpaired) electrons. The van der Waals surface area contributed by atoms with Crippen LogP contribution < -0.4 is 21.5 Å². The maximum Gasteiger partial charge on any atom is 0.278 e. The number of aromatic nitrogens is 5.